The third-order valence-electron chi connectivity index (χ3n) is 7.45. The molecule has 0 aromatic rings. The molecule has 0 N–H and O–H groups in total. The van der Waals surface area contributed by atoms with E-state index < -0.39 is 12.1 Å². The van der Waals surface area contributed by atoms with Gasteiger partial charge in [-0.2, -0.15) is 0 Å². The number of thioether (sulfide) groups is 1. The summed E-state index contributed by atoms with van der Waals surface area (Å²) in [4.78, 5) is 65.3. The quantitative estimate of drug-likeness (QED) is 0.0390. The van der Waals surface area contributed by atoms with E-state index >= 15 is 0 Å². The maximum absolute atomic E-state index is 12.8. The van der Waals surface area contributed by atoms with Crippen molar-refractivity contribution < 1.29 is 38.2 Å². The fourth-order valence-electron chi connectivity index (χ4n) is 4.51. The molecule has 1 amide bonds. The third-order valence-corrected chi connectivity index (χ3v) is 8.45. The number of esters is 3. The van der Waals surface area contributed by atoms with E-state index in [2.05, 4.69) is 18.7 Å². The Kier molecular flexibility index (Phi) is 26.8. The molecule has 3 atom stereocenters. The molecular formula is C34H62N2O8S. The van der Waals surface area contributed by atoms with Gasteiger partial charge in [0.05, 0.1) is 11.8 Å². The van der Waals surface area contributed by atoms with Gasteiger partial charge in [0.1, 0.15) is 19.5 Å². The minimum Gasteiger partial charge on any atom is -0.461 e. The molecule has 0 aliphatic rings. The molecule has 0 aromatic heterocycles. The lowest BCUT2D eigenvalue weighted by Crippen LogP contribution is -2.33. The first-order valence-electron chi connectivity index (χ1n) is 17.1. The second kappa shape index (κ2) is 28.1. The number of ether oxygens (including phenoxy) is 3. The summed E-state index contributed by atoms with van der Waals surface area (Å²) in [5.41, 5.74) is 0. The van der Waals surface area contributed by atoms with E-state index in [-0.39, 0.29) is 48.6 Å². The van der Waals surface area contributed by atoms with E-state index in [1.165, 1.54) is 11.8 Å². The predicted molar refractivity (Wildman–Crippen MR) is 180 cm³/mol. The molecule has 0 aliphatic carbocycles. The molecule has 0 saturated carbocycles. The van der Waals surface area contributed by atoms with Crippen LogP contribution in [0.3, 0.4) is 0 Å². The number of nitrogens with zero attached hydrogens (tertiary/aromatic N) is 2. The van der Waals surface area contributed by atoms with Crippen LogP contribution in [0.1, 0.15) is 118 Å². The van der Waals surface area contributed by atoms with Gasteiger partial charge >= 0.3 is 17.9 Å². The highest BCUT2D eigenvalue weighted by molar-refractivity contribution is 8.13. The van der Waals surface area contributed by atoms with Crippen molar-refractivity contribution in [3.8, 4) is 0 Å². The van der Waals surface area contributed by atoms with Gasteiger partial charge in [-0.3, -0.25) is 19.2 Å². The molecule has 0 spiro atoms. The minimum atomic E-state index is -0.918. The van der Waals surface area contributed by atoms with Crippen LogP contribution >= 0.6 is 11.8 Å². The minimum absolute atomic E-state index is 0.0440. The number of rotatable bonds is 28. The second-order valence-electron chi connectivity index (χ2n) is 12.2. The Bertz CT molecular complexity index is 826. The van der Waals surface area contributed by atoms with Crippen molar-refractivity contribution in [2.75, 3.05) is 52.7 Å². The molecule has 10 nitrogen and oxygen atoms in total. The first-order chi connectivity index (χ1) is 21.5. The number of amides is 1. The van der Waals surface area contributed by atoms with Gasteiger partial charge in [0, 0.05) is 31.7 Å². The lowest BCUT2D eigenvalue weighted by Gasteiger charge is -2.23. The summed E-state index contributed by atoms with van der Waals surface area (Å²) < 4.78 is 16.6. The van der Waals surface area contributed by atoms with Crippen molar-refractivity contribution in [2.45, 2.75) is 124 Å². The van der Waals surface area contributed by atoms with Crippen LogP contribution in [0, 0.1) is 11.8 Å². The summed E-state index contributed by atoms with van der Waals surface area (Å²) in [6.07, 6.45) is 10.9. The first-order valence-corrected chi connectivity index (χ1v) is 18.1. The number of carbonyl (C=O) groups excluding carboxylic acids is 5. The first kappa shape index (κ1) is 42.9. The van der Waals surface area contributed by atoms with Crippen molar-refractivity contribution in [3.05, 3.63) is 0 Å². The maximum Gasteiger partial charge on any atom is 0.308 e. The third kappa shape index (κ3) is 23.8. The van der Waals surface area contributed by atoms with Crippen LogP contribution in [-0.2, 0) is 33.4 Å². The fraction of sp³-hybridized carbons (Fsp3) is 0.853. The number of aldehydes is 1. The molecule has 11 heteroatoms. The molecule has 262 valence electrons. The van der Waals surface area contributed by atoms with Gasteiger partial charge in [-0.1, -0.05) is 84.4 Å². The van der Waals surface area contributed by atoms with Crippen LogP contribution in [0.15, 0.2) is 0 Å². The van der Waals surface area contributed by atoms with Crippen LogP contribution in [0.2, 0.25) is 0 Å². The van der Waals surface area contributed by atoms with E-state index in [0.29, 0.717) is 38.1 Å². The second-order valence-corrected chi connectivity index (χ2v) is 13.2. The number of hydrogen-bond acceptors (Lipinski definition) is 10. The fourth-order valence-corrected chi connectivity index (χ4v) is 5.33. The average molecular weight is 659 g/mol. The lowest BCUT2D eigenvalue weighted by atomic mass is 10.0. The van der Waals surface area contributed by atoms with Gasteiger partial charge in [-0.15, -0.1) is 0 Å². The van der Waals surface area contributed by atoms with E-state index in [9.17, 15) is 24.0 Å². The largest absolute Gasteiger partial charge is 0.461 e. The van der Waals surface area contributed by atoms with Crippen molar-refractivity contribution in [3.63, 3.8) is 0 Å². The molecule has 0 bridgehead atoms. The molecule has 45 heavy (non-hydrogen) atoms. The summed E-state index contributed by atoms with van der Waals surface area (Å²) in [7, 11) is 3.97. The molecule has 3 unspecified atom stereocenters. The molecule has 0 rings (SSSR count). The van der Waals surface area contributed by atoms with Gasteiger partial charge in [0.2, 0.25) is 0 Å². The molecule has 0 aromatic carbocycles. The standard InChI is InChI=1S/C34H62N2O8S/c1-7-9-11-13-19-29(4)33(40)43-27-30(26-42-32(39)28(3)18-12-10-8-2)44-31(38)20-16-23-36(22-14-15-24-37)34(41)45-25-17-21-35(5)6/h24,28-30H,7-23,25-27H2,1-6H3. The predicted octanol–water partition coefficient (Wildman–Crippen LogP) is 6.67. The van der Waals surface area contributed by atoms with E-state index in [4.69, 9.17) is 14.2 Å². The summed E-state index contributed by atoms with van der Waals surface area (Å²) >= 11 is 1.25. The molecule has 0 aliphatic heterocycles. The molecule has 0 heterocycles. The zero-order valence-electron chi connectivity index (χ0n) is 29.0. The zero-order chi connectivity index (χ0) is 33.9. The monoisotopic (exact) mass is 658 g/mol. The maximum atomic E-state index is 12.8. The Hall–Kier alpha value is -2.14. The van der Waals surface area contributed by atoms with E-state index in [1.54, 1.807) is 4.90 Å². The highest BCUT2D eigenvalue weighted by atomic mass is 32.2. The number of unbranched alkanes of at least 4 members (excludes halogenated alkanes) is 6. The van der Waals surface area contributed by atoms with Gasteiger partial charge in [0.25, 0.3) is 5.24 Å². The Morgan fingerprint density at radius 2 is 1.29 bits per heavy atom. The molecule has 0 saturated heterocycles. The number of carbonyl (C=O) groups is 5. The van der Waals surface area contributed by atoms with E-state index in [0.717, 1.165) is 77.0 Å². The molecule has 0 fully saturated rings. The van der Waals surface area contributed by atoms with Crippen LogP contribution in [0.25, 0.3) is 0 Å². The molecular weight excluding hydrogens is 596 g/mol. The summed E-state index contributed by atoms with van der Waals surface area (Å²) in [5, 5.41) is -0.0680. The van der Waals surface area contributed by atoms with Gasteiger partial charge < -0.3 is 28.8 Å². The van der Waals surface area contributed by atoms with Crippen molar-refractivity contribution in [1.82, 2.24) is 9.80 Å². The Balaban J connectivity index is 5.08. The highest BCUT2D eigenvalue weighted by Gasteiger charge is 2.23. The van der Waals surface area contributed by atoms with Gasteiger partial charge in [-0.25, -0.2) is 0 Å². The molecule has 0 radical (unpaired) electrons. The zero-order valence-corrected chi connectivity index (χ0v) is 29.8. The summed E-state index contributed by atoms with van der Waals surface area (Å²) in [6, 6.07) is 0. The van der Waals surface area contributed by atoms with Gasteiger partial charge in [-0.05, 0) is 52.7 Å². The van der Waals surface area contributed by atoms with Crippen molar-refractivity contribution >= 4 is 41.2 Å². The van der Waals surface area contributed by atoms with Crippen LogP contribution in [-0.4, -0.2) is 98.0 Å². The lowest BCUT2D eigenvalue weighted by molar-refractivity contribution is -0.169. The van der Waals surface area contributed by atoms with Crippen LogP contribution < -0.4 is 0 Å². The highest BCUT2D eigenvalue weighted by Crippen LogP contribution is 2.16. The van der Waals surface area contributed by atoms with Crippen LogP contribution in [0.5, 0.6) is 0 Å². The van der Waals surface area contributed by atoms with Crippen LogP contribution in [0.4, 0.5) is 4.79 Å². The summed E-state index contributed by atoms with van der Waals surface area (Å²) in [6.45, 7) is 9.18. The Morgan fingerprint density at radius 3 is 1.84 bits per heavy atom. The Morgan fingerprint density at radius 1 is 0.733 bits per heavy atom. The van der Waals surface area contributed by atoms with E-state index in [1.807, 2.05) is 27.9 Å². The SMILES string of the molecule is CCCCCCC(C)C(=O)OCC(COC(=O)C(C)CCCCC)OC(=O)CCCN(CCCC=O)C(=O)SCCCN(C)C. The smallest absolute Gasteiger partial charge is 0.308 e. The average Bonchev–Trinajstić information content (AvgIpc) is 3.01. The number of hydrogen-bond donors (Lipinski definition) is 0. The van der Waals surface area contributed by atoms with Gasteiger partial charge in [0.15, 0.2) is 6.10 Å². The Labute approximate surface area is 277 Å². The summed E-state index contributed by atoms with van der Waals surface area (Å²) in [5.74, 6) is -1.11. The normalized spacial score (nSPS) is 13.1. The topological polar surface area (TPSA) is 120 Å². The van der Waals surface area contributed by atoms with Crippen molar-refractivity contribution in [2.24, 2.45) is 11.8 Å². The van der Waals surface area contributed by atoms with Crippen molar-refractivity contribution in [1.29, 1.82) is 0 Å².